The van der Waals surface area contributed by atoms with Crippen LogP contribution < -0.4 is 10.3 Å². The van der Waals surface area contributed by atoms with E-state index in [0.717, 1.165) is 22.6 Å². The van der Waals surface area contributed by atoms with Gasteiger partial charge in [-0.25, -0.2) is 9.78 Å². The van der Waals surface area contributed by atoms with Crippen LogP contribution in [-0.2, 0) is 22.5 Å². The summed E-state index contributed by atoms with van der Waals surface area (Å²) in [6.07, 6.45) is 0.961. The molecule has 0 atom stereocenters. The smallest absolute Gasteiger partial charge is 0.346 e. The number of benzene rings is 1. The summed E-state index contributed by atoms with van der Waals surface area (Å²) in [4.78, 5) is 41.4. The summed E-state index contributed by atoms with van der Waals surface area (Å²) in [5.41, 5.74) is 1.04. The standard InChI is InChI=1S/C21H22N2O6S/c1-12-17-19(30-18(12)21(26)27)22-15(11-13-6-8-14(28-2)9-7-13)23(20(17)25)10-4-5-16(24)29-3/h6-9H,4-5,10-11H2,1-3H3,(H,26,27). The molecule has 2 aromatic heterocycles. The Balaban J connectivity index is 2.06. The maximum Gasteiger partial charge on any atom is 0.346 e. The average Bonchev–Trinajstić information content (AvgIpc) is 3.07. The van der Waals surface area contributed by atoms with Crippen LogP contribution in [0.5, 0.6) is 5.75 Å². The van der Waals surface area contributed by atoms with Crippen molar-refractivity contribution in [2.24, 2.45) is 0 Å². The zero-order valence-corrected chi connectivity index (χ0v) is 17.7. The fraction of sp³-hybridized carbons (Fsp3) is 0.333. The highest BCUT2D eigenvalue weighted by atomic mass is 32.1. The number of aromatic carboxylic acids is 1. The first-order chi connectivity index (χ1) is 14.3. The van der Waals surface area contributed by atoms with Gasteiger partial charge in [-0.05, 0) is 36.6 Å². The van der Waals surface area contributed by atoms with Crippen LogP contribution in [0, 0.1) is 6.92 Å². The Bertz CT molecular complexity index is 1150. The highest BCUT2D eigenvalue weighted by Gasteiger charge is 2.21. The van der Waals surface area contributed by atoms with Gasteiger partial charge in [0.1, 0.15) is 21.3 Å². The molecule has 0 aliphatic heterocycles. The molecule has 2 heterocycles. The van der Waals surface area contributed by atoms with Gasteiger partial charge in [0.2, 0.25) is 0 Å². The number of aryl methyl sites for hydroxylation is 1. The van der Waals surface area contributed by atoms with Gasteiger partial charge < -0.3 is 14.6 Å². The minimum Gasteiger partial charge on any atom is -0.497 e. The lowest BCUT2D eigenvalue weighted by Crippen LogP contribution is -2.26. The number of hydrogen-bond acceptors (Lipinski definition) is 7. The van der Waals surface area contributed by atoms with Crippen molar-refractivity contribution in [2.75, 3.05) is 14.2 Å². The molecular weight excluding hydrogens is 408 g/mol. The molecule has 9 heteroatoms. The van der Waals surface area contributed by atoms with Gasteiger partial charge in [0.25, 0.3) is 5.56 Å². The third-order valence-electron chi connectivity index (χ3n) is 4.84. The van der Waals surface area contributed by atoms with Gasteiger partial charge in [0.05, 0.1) is 19.6 Å². The van der Waals surface area contributed by atoms with Crippen molar-refractivity contribution < 1.29 is 24.2 Å². The van der Waals surface area contributed by atoms with Gasteiger partial charge in [-0.15, -0.1) is 11.3 Å². The summed E-state index contributed by atoms with van der Waals surface area (Å²) in [5.74, 6) is -0.198. The van der Waals surface area contributed by atoms with E-state index in [1.54, 1.807) is 14.0 Å². The number of hydrogen-bond donors (Lipinski definition) is 1. The molecule has 0 spiro atoms. The lowest BCUT2D eigenvalue weighted by atomic mass is 10.1. The Kier molecular flexibility index (Phi) is 6.51. The molecule has 30 heavy (non-hydrogen) atoms. The monoisotopic (exact) mass is 430 g/mol. The van der Waals surface area contributed by atoms with Crippen molar-refractivity contribution in [3.63, 3.8) is 0 Å². The van der Waals surface area contributed by atoms with E-state index < -0.39 is 5.97 Å². The number of carbonyl (C=O) groups excluding carboxylic acids is 1. The summed E-state index contributed by atoms with van der Waals surface area (Å²) in [6.45, 7) is 1.90. The molecule has 8 nitrogen and oxygen atoms in total. The SMILES string of the molecule is COC(=O)CCCn1c(Cc2ccc(OC)cc2)nc2sc(C(=O)O)c(C)c2c1=O. The van der Waals surface area contributed by atoms with Crippen LogP contribution in [0.4, 0.5) is 0 Å². The second kappa shape index (κ2) is 9.08. The van der Waals surface area contributed by atoms with Crippen molar-refractivity contribution >= 4 is 33.5 Å². The number of fused-ring (bicyclic) bond motifs is 1. The quantitative estimate of drug-likeness (QED) is 0.547. The average molecular weight is 430 g/mol. The molecule has 0 saturated carbocycles. The van der Waals surface area contributed by atoms with Gasteiger partial charge in [-0.2, -0.15) is 0 Å². The van der Waals surface area contributed by atoms with Crippen molar-refractivity contribution in [1.29, 1.82) is 0 Å². The molecule has 0 radical (unpaired) electrons. The predicted octanol–water partition coefficient (Wildman–Crippen LogP) is 3.02. The van der Waals surface area contributed by atoms with Gasteiger partial charge in [-0.1, -0.05) is 12.1 Å². The van der Waals surface area contributed by atoms with Gasteiger partial charge in [0, 0.05) is 19.4 Å². The van der Waals surface area contributed by atoms with Gasteiger partial charge in [0.15, 0.2) is 0 Å². The van der Waals surface area contributed by atoms with E-state index in [1.807, 2.05) is 24.3 Å². The van der Waals surface area contributed by atoms with Crippen LogP contribution in [0.2, 0.25) is 0 Å². The number of carbonyl (C=O) groups is 2. The number of rotatable bonds is 8. The summed E-state index contributed by atoms with van der Waals surface area (Å²) in [6, 6.07) is 7.42. The number of methoxy groups -OCH3 is 2. The highest BCUT2D eigenvalue weighted by Crippen LogP contribution is 2.28. The maximum absolute atomic E-state index is 13.2. The molecule has 158 valence electrons. The lowest BCUT2D eigenvalue weighted by molar-refractivity contribution is -0.140. The second-order valence-electron chi connectivity index (χ2n) is 6.73. The lowest BCUT2D eigenvalue weighted by Gasteiger charge is -2.13. The van der Waals surface area contributed by atoms with E-state index >= 15 is 0 Å². The van der Waals surface area contributed by atoms with Crippen molar-refractivity contribution in [1.82, 2.24) is 9.55 Å². The molecule has 1 N–H and O–H groups in total. The first kappa shape index (κ1) is 21.5. The number of esters is 1. The van der Waals surface area contributed by atoms with Crippen molar-refractivity contribution in [3.05, 3.63) is 56.4 Å². The Morgan fingerprint density at radius 2 is 1.90 bits per heavy atom. The molecule has 0 aliphatic carbocycles. The fourth-order valence-corrected chi connectivity index (χ4v) is 4.27. The molecule has 0 saturated heterocycles. The molecule has 3 aromatic rings. The Labute approximate surface area is 176 Å². The summed E-state index contributed by atoms with van der Waals surface area (Å²) >= 11 is 1.000. The van der Waals surface area contributed by atoms with E-state index in [1.165, 1.54) is 11.7 Å². The predicted molar refractivity (Wildman–Crippen MR) is 113 cm³/mol. The van der Waals surface area contributed by atoms with Crippen molar-refractivity contribution in [2.45, 2.75) is 32.7 Å². The summed E-state index contributed by atoms with van der Waals surface area (Å²) < 4.78 is 11.4. The molecule has 0 aliphatic rings. The van der Waals surface area contributed by atoms with E-state index in [9.17, 15) is 19.5 Å². The number of thiophene rings is 1. The van der Waals surface area contributed by atoms with Crippen LogP contribution in [0.1, 0.15) is 39.5 Å². The van der Waals surface area contributed by atoms with Crippen LogP contribution in [-0.4, -0.2) is 40.8 Å². The zero-order chi connectivity index (χ0) is 21.8. The Morgan fingerprint density at radius 3 is 2.50 bits per heavy atom. The number of nitrogens with zero attached hydrogens (tertiary/aromatic N) is 2. The normalized spacial score (nSPS) is 10.9. The topological polar surface area (TPSA) is 108 Å². The summed E-state index contributed by atoms with van der Waals surface area (Å²) in [5, 5.41) is 9.73. The molecule has 3 rings (SSSR count). The van der Waals surface area contributed by atoms with E-state index in [0.29, 0.717) is 34.4 Å². The molecule has 0 fully saturated rings. The fourth-order valence-electron chi connectivity index (χ4n) is 3.24. The van der Waals surface area contributed by atoms with Gasteiger partial charge in [-0.3, -0.25) is 14.2 Å². The largest absolute Gasteiger partial charge is 0.497 e. The minimum atomic E-state index is -1.08. The number of ether oxygens (including phenoxy) is 2. The van der Waals surface area contributed by atoms with Crippen LogP contribution in [0.3, 0.4) is 0 Å². The van der Waals surface area contributed by atoms with E-state index in [-0.39, 0.29) is 29.4 Å². The van der Waals surface area contributed by atoms with E-state index in [4.69, 9.17) is 4.74 Å². The van der Waals surface area contributed by atoms with E-state index in [2.05, 4.69) is 9.72 Å². The van der Waals surface area contributed by atoms with Gasteiger partial charge >= 0.3 is 11.9 Å². The third kappa shape index (κ3) is 4.35. The molecule has 1 aromatic carbocycles. The number of aromatic nitrogens is 2. The molecule has 0 amide bonds. The molecule has 0 unspecified atom stereocenters. The Hall–Kier alpha value is -3.20. The third-order valence-corrected chi connectivity index (χ3v) is 6.01. The summed E-state index contributed by atoms with van der Waals surface area (Å²) in [7, 11) is 2.90. The second-order valence-corrected chi connectivity index (χ2v) is 7.73. The highest BCUT2D eigenvalue weighted by molar-refractivity contribution is 7.20. The first-order valence-corrected chi connectivity index (χ1v) is 10.1. The number of carboxylic acids is 1. The maximum atomic E-state index is 13.2. The first-order valence-electron chi connectivity index (χ1n) is 9.31. The van der Waals surface area contributed by atoms with Crippen LogP contribution >= 0.6 is 11.3 Å². The van der Waals surface area contributed by atoms with Crippen LogP contribution in [0.25, 0.3) is 10.2 Å². The molecule has 0 bridgehead atoms. The van der Waals surface area contributed by atoms with Crippen molar-refractivity contribution in [3.8, 4) is 5.75 Å². The minimum absolute atomic E-state index is 0.109. The Morgan fingerprint density at radius 1 is 1.20 bits per heavy atom. The van der Waals surface area contributed by atoms with Crippen LogP contribution in [0.15, 0.2) is 29.1 Å². The number of carboxylic acid groups (broad SMARTS) is 1. The molecular formula is C21H22N2O6S. The zero-order valence-electron chi connectivity index (χ0n) is 16.9.